The van der Waals surface area contributed by atoms with Crippen LogP contribution >= 0.6 is 0 Å². The number of nitrogens with zero attached hydrogens (tertiary/aromatic N) is 1. The van der Waals surface area contributed by atoms with Crippen molar-refractivity contribution in [2.45, 2.75) is 12.8 Å². The quantitative estimate of drug-likeness (QED) is 0.911. The maximum atomic E-state index is 12.3. The van der Waals surface area contributed by atoms with E-state index >= 15 is 0 Å². The van der Waals surface area contributed by atoms with Crippen molar-refractivity contribution in [3.63, 3.8) is 0 Å². The highest BCUT2D eigenvalue weighted by atomic mass is 16.5. The van der Waals surface area contributed by atoms with Crippen molar-refractivity contribution in [1.82, 2.24) is 4.90 Å². The van der Waals surface area contributed by atoms with Crippen molar-refractivity contribution in [1.29, 1.82) is 0 Å². The lowest BCUT2D eigenvalue weighted by molar-refractivity contribution is -0.139. The smallest absolute Gasteiger partial charge is 0.303 e. The molecule has 112 valence electrons. The number of hydrogen-bond acceptors (Lipinski definition) is 4. The van der Waals surface area contributed by atoms with Gasteiger partial charge in [0, 0.05) is 31.0 Å². The van der Waals surface area contributed by atoms with Gasteiger partial charge in [-0.2, -0.15) is 0 Å². The Morgan fingerprint density at radius 3 is 2.62 bits per heavy atom. The summed E-state index contributed by atoms with van der Waals surface area (Å²) in [5.74, 6) is 0.416. The van der Waals surface area contributed by atoms with Crippen LogP contribution in [-0.4, -0.2) is 48.2 Å². The van der Waals surface area contributed by atoms with Gasteiger partial charge in [0.25, 0.3) is 5.91 Å². The summed E-state index contributed by atoms with van der Waals surface area (Å²) < 4.78 is 11.1. The van der Waals surface area contributed by atoms with E-state index in [-0.39, 0.29) is 18.2 Å². The zero-order valence-electron chi connectivity index (χ0n) is 11.6. The fraction of sp³-hybridized carbons (Fsp3) is 0.467. The second-order valence-electron chi connectivity index (χ2n) is 5.39. The second kappa shape index (κ2) is 5.63. The number of amides is 1. The van der Waals surface area contributed by atoms with Gasteiger partial charge in [-0.3, -0.25) is 9.59 Å². The van der Waals surface area contributed by atoms with E-state index in [1.165, 1.54) is 0 Å². The van der Waals surface area contributed by atoms with Crippen molar-refractivity contribution in [2.75, 3.05) is 26.3 Å². The summed E-state index contributed by atoms with van der Waals surface area (Å²) in [7, 11) is 0. The Bertz CT molecular complexity index is 565. The minimum absolute atomic E-state index is 0.0619. The first-order chi connectivity index (χ1) is 10.1. The highest BCUT2D eigenvalue weighted by Crippen LogP contribution is 2.31. The van der Waals surface area contributed by atoms with Crippen LogP contribution in [0.1, 0.15) is 23.2 Å². The summed E-state index contributed by atoms with van der Waals surface area (Å²) in [6.07, 6.45) is 0.936. The summed E-state index contributed by atoms with van der Waals surface area (Å²) in [4.78, 5) is 24.6. The lowest BCUT2D eigenvalue weighted by atomic mass is 9.95. The Labute approximate surface area is 122 Å². The minimum atomic E-state index is -0.817. The van der Waals surface area contributed by atoms with Crippen LogP contribution in [0, 0.1) is 5.92 Å². The van der Waals surface area contributed by atoms with E-state index in [1.807, 2.05) is 0 Å². The van der Waals surface area contributed by atoms with E-state index in [4.69, 9.17) is 14.6 Å². The summed E-state index contributed by atoms with van der Waals surface area (Å²) in [6.45, 7) is 2.19. The van der Waals surface area contributed by atoms with E-state index < -0.39 is 5.97 Å². The van der Waals surface area contributed by atoms with Crippen molar-refractivity contribution in [3.05, 3.63) is 23.8 Å². The summed E-state index contributed by atoms with van der Waals surface area (Å²) in [5.41, 5.74) is 0.549. The van der Waals surface area contributed by atoms with Crippen LogP contribution in [0.3, 0.4) is 0 Å². The Morgan fingerprint density at radius 2 is 1.90 bits per heavy atom. The number of aliphatic carboxylic acids is 1. The van der Waals surface area contributed by atoms with Crippen LogP contribution in [0.15, 0.2) is 18.2 Å². The molecule has 0 spiro atoms. The predicted molar refractivity (Wildman–Crippen MR) is 73.7 cm³/mol. The van der Waals surface area contributed by atoms with Crippen LogP contribution in [0.2, 0.25) is 0 Å². The Kier molecular flexibility index (Phi) is 3.68. The molecule has 6 heteroatoms. The second-order valence-corrected chi connectivity index (χ2v) is 5.39. The average Bonchev–Trinajstić information content (AvgIpc) is 2.65. The standard InChI is InChI=1S/C15H17NO5/c17-14(18)6-10-8-16(9-10)15(19)11-2-3-12-13(7-11)21-5-1-4-20-12/h2-3,7,10H,1,4-6,8-9H2,(H,17,18). The predicted octanol–water partition coefficient (Wildman–Crippen LogP) is 1.39. The Hall–Kier alpha value is -2.24. The molecule has 2 aliphatic heterocycles. The molecule has 0 saturated carbocycles. The van der Waals surface area contributed by atoms with Gasteiger partial charge in [-0.05, 0) is 18.2 Å². The molecular formula is C15H17NO5. The molecule has 1 fully saturated rings. The maximum Gasteiger partial charge on any atom is 0.303 e. The van der Waals surface area contributed by atoms with Gasteiger partial charge in [0.2, 0.25) is 0 Å². The topological polar surface area (TPSA) is 76.1 Å². The molecule has 1 aromatic carbocycles. The normalized spacial score (nSPS) is 17.8. The largest absolute Gasteiger partial charge is 0.490 e. The molecule has 2 heterocycles. The minimum Gasteiger partial charge on any atom is -0.490 e. The van der Waals surface area contributed by atoms with Crippen molar-refractivity contribution < 1.29 is 24.2 Å². The fourth-order valence-corrected chi connectivity index (χ4v) is 2.59. The zero-order valence-corrected chi connectivity index (χ0v) is 11.6. The van der Waals surface area contributed by atoms with Gasteiger partial charge in [-0.25, -0.2) is 0 Å². The summed E-state index contributed by atoms with van der Waals surface area (Å²) in [5, 5.41) is 8.72. The molecule has 3 rings (SSSR count). The molecular weight excluding hydrogens is 274 g/mol. The van der Waals surface area contributed by atoms with E-state index in [1.54, 1.807) is 23.1 Å². The molecule has 1 aromatic rings. The van der Waals surface area contributed by atoms with Crippen LogP contribution in [0.5, 0.6) is 11.5 Å². The lowest BCUT2D eigenvalue weighted by Crippen LogP contribution is -2.50. The molecule has 1 saturated heterocycles. The number of carbonyl (C=O) groups excluding carboxylic acids is 1. The van der Waals surface area contributed by atoms with E-state index in [0.29, 0.717) is 43.4 Å². The van der Waals surface area contributed by atoms with Gasteiger partial charge in [-0.15, -0.1) is 0 Å². The SMILES string of the molecule is O=C(O)CC1CN(C(=O)c2ccc3c(c2)OCCCO3)C1. The number of carboxylic acid groups (broad SMARTS) is 1. The highest BCUT2D eigenvalue weighted by Gasteiger charge is 2.32. The van der Waals surface area contributed by atoms with Crippen molar-refractivity contribution in [2.24, 2.45) is 5.92 Å². The fourth-order valence-electron chi connectivity index (χ4n) is 2.59. The molecule has 2 aliphatic rings. The highest BCUT2D eigenvalue weighted by molar-refractivity contribution is 5.95. The number of ether oxygens (including phenoxy) is 2. The number of carboxylic acids is 1. The molecule has 6 nitrogen and oxygen atoms in total. The van der Waals surface area contributed by atoms with Gasteiger partial charge in [-0.1, -0.05) is 0 Å². The van der Waals surface area contributed by atoms with Gasteiger partial charge in [0.1, 0.15) is 0 Å². The van der Waals surface area contributed by atoms with Crippen LogP contribution in [-0.2, 0) is 4.79 Å². The molecule has 0 radical (unpaired) electrons. The van der Waals surface area contributed by atoms with Crippen molar-refractivity contribution >= 4 is 11.9 Å². The average molecular weight is 291 g/mol. The van der Waals surface area contributed by atoms with Gasteiger partial charge in [0.05, 0.1) is 19.6 Å². The number of fused-ring (bicyclic) bond motifs is 1. The molecule has 0 aliphatic carbocycles. The van der Waals surface area contributed by atoms with Gasteiger partial charge >= 0.3 is 5.97 Å². The third-order valence-corrected chi connectivity index (χ3v) is 3.70. The molecule has 21 heavy (non-hydrogen) atoms. The van der Waals surface area contributed by atoms with Gasteiger partial charge < -0.3 is 19.5 Å². The van der Waals surface area contributed by atoms with Crippen LogP contribution in [0.4, 0.5) is 0 Å². The van der Waals surface area contributed by atoms with E-state index in [2.05, 4.69) is 0 Å². The number of hydrogen-bond donors (Lipinski definition) is 1. The molecule has 0 atom stereocenters. The third kappa shape index (κ3) is 2.94. The Morgan fingerprint density at radius 1 is 1.19 bits per heavy atom. The van der Waals surface area contributed by atoms with Crippen LogP contribution < -0.4 is 9.47 Å². The first-order valence-corrected chi connectivity index (χ1v) is 7.04. The lowest BCUT2D eigenvalue weighted by Gasteiger charge is -2.38. The van der Waals surface area contributed by atoms with E-state index in [9.17, 15) is 9.59 Å². The molecule has 0 bridgehead atoms. The summed E-state index contributed by atoms with van der Waals surface area (Å²) >= 11 is 0. The zero-order chi connectivity index (χ0) is 14.8. The number of carbonyl (C=O) groups is 2. The number of likely N-dealkylation sites (tertiary alicyclic amines) is 1. The molecule has 0 unspecified atom stereocenters. The van der Waals surface area contributed by atoms with Crippen LogP contribution in [0.25, 0.3) is 0 Å². The van der Waals surface area contributed by atoms with Crippen molar-refractivity contribution in [3.8, 4) is 11.5 Å². The Balaban J connectivity index is 1.66. The molecule has 1 amide bonds. The number of rotatable bonds is 3. The first kappa shape index (κ1) is 13.7. The maximum absolute atomic E-state index is 12.3. The monoisotopic (exact) mass is 291 g/mol. The summed E-state index contributed by atoms with van der Waals surface area (Å²) in [6, 6.07) is 5.18. The number of benzene rings is 1. The molecule has 0 aromatic heterocycles. The van der Waals surface area contributed by atoms with Gasteiger partial charge in [0.15, 0.2) is 11.5 Å². The third-order valence-electron chi connectivity index (χ3n) is 3.70. The van der Waals surface area contributed by atoms with E-state index in [0.717, 1.165) is 6.42 Å². The molecule has 1 N–H and O–H groups in total. The first-order valence-electron chi connectivity index (χ1n) is 7.04.